The summed E-state index contributed by atoms with van der Waals surface area (Å²) < 4.78 is 42.9. The molecule has 0 aliphatic carbocycles. The number of halogens is 3. The van der Waals surface area contributed by atoms with Gasteiger partial charge >= 0.3 is 12.2 Å². The van der Waals surface area contributed by atoms with Gasteiger partial charge in [0.25, 0.3) is 5.89 Å². The number of primary amides is 1. The van der Waals surface area contributed by atoms with Crippen LogP contribution in [0.2, 0.25) is 0 Å². The third-order valence-corrected chi connectivity index (χ3v) is 5.12. The van der Waals surface area contributed by atoms with Crippen molar-refractivity contribution in [3.8, 4) is 11.5 Å². The first kappa shape index (κ1) is 19.2. The SMILES string of the molecule is NC(=O)[C@H]1CCN(C(=O)N2CC(c3noc(-c4ccc(C(F)(F)F)nc4)n3)C2)C1. The number of hydrogen-bond acceptors (Lipinski definition) is 6. The Morgan fingerprint density at radius 3 is 2.52 bits per heavy atom. The molecule has 9 nitrogen and oxygen atoms in total. The molecule has 4 heterocycles. The second kappa shape index (κ2) is 7.01. The van der Waals surface area contributed by atoms with E-state index in [4.69, 9.17) is 10.3 Å². The largest absolute Gasteiger partial charge is 0.433 e. The Bertz CT molecular complexity index is 923. The van der Waals surface area contributed by atoms with Crippen LogP contribution < -0.4 is 5.73 Å². The summed E-state index contributed by atoms with van der Waals surface area (Å²) in [5.74, 6) is -0.407. The highest BCUT2D eigenvalue weighted by molar-refractivity contribution is 5.80. The van der Waals surface area contributed by atoms with E-state index in [1.165, 1.54) is 6.07 Å². The van der Waals surface area contributed by atoms with Gasteiger partial charge in [0.05, 0.1) is 17.4 Å². The predicted octanol–water partition coefficient (Wildman–Crippen LogP) is 1.48. The van der Waals surface area contributed by atoms with Gasteiger partial charge in [-0.25, -0.2) is 4.79 Å². The first-order valence-electron chi connectivity index (χ1n) is 8.93. The lowest BCUT2D eigenvalue weighted by Crippen LogP contribution is -2.53. The number of nitrogens with zero attached hydrogens (tertiary/aromatic N) is 5. The molecule has 3 amide bonds. The zero-order valence-electron chi connectivity index (χ0n) is 15.1. The molecule has 29 heavy (non-hydrogen) atoms. The minimum atomic E-state index is -4.52. The Morgan fingerprint density at radius 1 is 1.17 bits per heavy atom. The normalized spacial score (nSPS) is 20.0. The number of urea groups is 1. The topological polar surface area (TPSA) is 118 Å². The first-order valence-corrected chi connectivity index (χ1v) is 8.93. The van der Waals surface area contributed by atoms with E-state index in [0.29, 0.717) is 38.4 Å². The fourth-order valence-corrected chi connectivity index (χ4v) is 3.37. The lowest BCUT2D eigenvalue weighted by atomic mass is 10.00. The molecule has 154 valence electrons. The van der Waals surface area contributed by atoms with Crippen LogP contribution in [0.4, 0.5) is 18.0 Å². The van der Waals surface area contributed by atoms with Crippen LogP contribution in [-0.4, -0.2) is 63.0 Å². The standard InChI is InChI=1S/C17H17F3N6O3/c18-17(19,20)12-2-1-9(5-22-12)15-23-14(24-29-15)11-7-26(8-11)16(28)25-4-3-10(6-25)13(21)27/h1-2,5,10-11H,3-4,6-8H2,(H2,21,27)/t10-/m0/s1. The van der Waals surface area contributed by atoms with Gasteiger partial charge in [0.1, 0.15) is 5.69 Å². The molecule has 12 heteroatoms. The van der Waals surface area contributed by atoms with Crippen molar-refractivity contribution in [2.24, 2.45) is 11.7 Å². The summed E-state index contributed by atoms with van der Waals surface area (Å²) in [5.41, 5.74) is 4.55. The molecule has 0 unspecified atom stereocenters. The van der Waals surface area contributed by atoms with Gasteiger partial charge in [-0.2, -0.15) is 18.2 Å². The van der Waals surface area contributed by atoms with Crippen molar-refractivity contribution in [1.29, 1.82) is 0 Å². The van der Waals surface area contributed by atoms with Crippen LogP contribution in [0.3, 0.4) is 0 Å². The van der Waals surface area contributed by atoms with Crippen LogP contribution in [0.15, 0.2) is 22.9 Å². The van der Waals surface area contributed by atoms with Gasteiger partial charge in [0, 0.05) is 32.4 Å². The Kier molecular flexibility index (Phi) is 4.63. The smallest absolute Gasteiger partial charge is 0.369 e. The fraction of sp³-hybridized carbons (Fsp3) is 0.471. The van der Waals surface area contributed by atoms with Gasteiger partial charge in [-0.3, -0.25) is 9.78 Å². The summed E-state index contributed by atoms with van der Waals surface area (Å²) in [5, 5.41) is 3.86. The van der Waals surface area contributed by atoms with E-state index >= 15 is 0 Å². The van der Waals surface area contributed by atoms with Crippen LogP contribution in [0.5, 0.6) is 0 Å². The highest BCUT2D eigenvalue weighted by atomic mass is 19.4. The molecular formula is C17H17F3N6O3. The monoisotopic (exact) mass is 410 g/mol. The van der Waals surface area contributed by atoms with E-state index in [0.717, 1.165) is 12.3 Å². The van der Waals surface area contributed by atoms with E-state index in [-0.39, 0.29) is 29.3 Å². The minimum Gasteiger partial charge on any atom is -0.369 e. The van der Waals surface area contributed by atoms with Gasteiger partial charge in [-0.15, -0.1) is 0 Å². The molecule has 2 aromatic rings. The van der Waals surface area contributed by atoms with Crippen LogP contribution in [-0.2, 0) is 11.0 Å². The number of aromatic nitrogens is 3. The summed E-state index contributed by atoms with van der Waals surface area (Å²) >= 11 is 0. The van der Waals surface area contributed by atoms with E-state index in [1.54, 1.807) is 9.80 Å². The Hall–Kier alpha value is -3.18. The quantitative estimate of drug-likeness (QED) is 0.819. The maximum Gasteiger partial charge on any atom is 0.433 e. The van der Waals surface area contributed by atoms with E-state index in [2.05, 4.69) is 15.1 Å². The first-order chi connectivity index (χ1) is 13.7. The van der Waals surface area contributed by atoms with Crippen LogP contribution in [0.25, 0.3) is 11.5 Å². The highest BCUT2D eigenvalue weighted by Crippen LogP contribution is 2.31. The summed E-state index contributed by atoms with van der Waals surface area (Å²) in [4.78, 5) is 34.5. The number of amides is 3. The lowest BCUT2D eigenvalue weighted by Gasteiger charge is -2.39. The molecule has 0 radical (unpaired) electrons. The van der Waals surface area contributed by atoms with Crippen molar-refractivity contribution in [3.63, 3.8) is 0 Å². The fourth-order valence-electron chi connectivity index (χ4n) is 3.37. The Balaban J connectivity index is 1.35. The zero-order valence-corrected chi connectivity index (χ0v) is 15.1. The predicted molar refractivity (Wildman–Crippen MR) is 91.1 cm³/mol. The summed E-state index contributed by atoms with van der Waals surface area (Å²) in [6, 6.07) is 1.89. The molecule has 2 aliphatic rings. The maximum absolute atomic E-state index is 12.6. The van der Waals surface area contributed by atoms with E-state index in [9.17, 15) is 22.8 Å². The molecular weight excluding hydrogens is 393 g/mol. The number of pyridine rings is 1. The second-order valence-electron chi connectivity index (χ2n) is 7.11. The van der Waals surface area contributed by atoms with Crippen molar-refractivity contribution < 1.29 is 27.3 Å². The van der Waals surface area contributed by atoms with Crippen molar-refractivity contribution >= 4 is 11.9 Å². The molecule has 2 aromatic heterocycles. The molecule has 4 rings (SSSR count). The highest BCUT2D eigenvalue weighted by Gasteiger charge is 2.39. The average Bonchev–Trinajstić information content (AvgIpc) is 3.30. The molecule has 0 saturated carbocycles. The average molecular weight is 410 g/mol. The zero-order chi connectivity index (χ0) is 20.8. The molecule has 2 saturated heterocycles. The number of hydrogen-bond donors (Lipinski definition) is 1. The molecule has 2 N–H and O–H groups in total. The summed E-state index contributed by atoms with van der Waals surface area (Å²) in [6.45, 7) is 1.59. The number of carbonyl (C=O) groups is 2. The number of nitrogens with two attached hydrogens (primary N) is 1. The summed E-state index contributed by atoms with van der Waals surface area (Å²) in [7, 11) is 0. The molecule has 2 fully saturated rings. The molecule has 0 spiro atoms. The lowest BCUT2D eigenvalue weighted by molar-refractivity contribution is -0.141. The van der Waals surface area contributed by atoms with Gasteiger partial charge in [-0.05, 0) is 18.6 Å². The van der Waals surface area contributed by atoms with Gasteiger partial charge in [-0.1, -0.05) is 5.16 Å². The van der Waals surface area contributed by atoms with Gasteiger partial charge < -0.3 is 20.1 Å². The minimum absolute atomic E-state index is 0.0647. The van der Waals surface area contributed by atoms with Crippen LogP contribution in [0, 0.1) is 5.92 Å². The van der Waals surface area contributed by atoms with Crippen molar-refractivity contribution in [2.75, 3.05) is 26.2 Å². The van der Waals surface area contributed by atoms with Crippen molar-refractivity contribution in [2.45, 2.75) is 18.5 Å². The van der Waals surface area contributed by atoms with E-state index < -0.39 is 17.8 Å². The molecule has 2 aliphatic heterocycles. The summed E-state index contributed by atoms with van der Waals surface area (Å²) in [6.07, 6.45) is -2.93. The molecule has 0 aromatic carbocycles. The third-order valence-electron chi connectivity index (χ3n) is 5.12. The van der Waals surface area contributed by atoms with Crippen LogP contribution >= 0.6 is 0 Å². The van der Waals surface area contributed by atoms with Gasteiger partial charge in [0.2, 0.25) is 5.91 Å². The number of likely N-dealkylation sites (tertiary alicyclic amines) is 2. The van der Waals surface area contributed by atoms with Gasteiger partial charge in [0.15, 0.2) is 5.82 Å². The Morgan fingerprint density at radius 2 is 1.93 bits per heavy atom. The number of rotatable bonds is 3. The van der Waals surface area contributed by atoms with Crippen molar-refractivity contribution in [3.05, 3.63) is 29.8 Å². The van der Waals surface area contributed by atoms with Crippen LogP contribution in [0.1, 0.15) is 23.9 Å². The number of alkyl halides is 3. The maximum atomic E-state index is 12.6. The number of carbonyl (C=O) groups excluding carboxylic acids is 2. The van der Waals surface area contributed by atoms with Crippen molar-refractivity contribution in [1.82, 2.24) is 24.9 Å². The molecule has 1 atom stereocenters. The second-order valence-corrected chi connectivity index (χ2v) is 7.11. The Labute approximate surface area is 162 Å². The third kappa shape index (κ3) is 3.74. The molecule has 0 bridgehead atoms. The van der Waals surface area contributed by atoms with E-state index in [1.807, 2.05) is 0 Å².